The maximum absolute atomic E-state index is 12.3. The quantitative estimate of drug-likeness (QED) is 0.371. The minimum Gasteiger partial charge on any atom is -0.497 e. The number of carbonyl (C=O) groups excluding carboxylic acids is 1. The smallest absolute Gasteiger partial charge is 0.226 e. The third-order valence-electron chi connectivity index (χ3n) is 4.78. The minimum atomic E-state index is -0.0929. The van der Waals surface area contributed by atoms with Gasteiger partial charge in [0.15, 0.2) is 0 Å². The van der Waals surface area contributed by atoms with Crippen molar-refractivity contribution in [1.82, 2.24) is 24.9 Å². The van der Waals surface area contributed by atoms with Crippen LogP contribution in [0.4, 0.5) is 5.69 Å². The van der Waals surface area contributed by atoms with E-state index in [2.05, 4.69) is 25.5 Å². The van der Waals surface area contributed by atoms with Gasteiger partial charge in [-0.25, -0.2) is 9.67 Å². The Kier molecular flexibility index (Phi) is 7.26. The summed E-state index contributed by atoms with van der Waals surface area (Å²) in [5.74, 6) is 2.35. The number of aromatic nitrogens is 5. The van der Waals surface area contributed by atoms with Gasteiger partial charge in [-0.1, -0.05) is 11.2 Å². The standard InChI is InChI=1S/C23H24N6O4/c1-31-19-10-8-17(9-11-19)23-27-22(33-28-23)7-3-6-21(30)26-18-4-2-5-20(14-18)32-13-12-29-16-24-15-25-29/h2,4-5,8-11,14-16H,3,6-7,12-13H2,1H3,(H,26,30). The van der Waals surface area contributed by atoms with Gasteiger partial charge in [-0.15, -0.1) is 0 Å². The number of nitrogens with one attached hydrogen (secondary N) is 1. The van der Waals surface area contributed by atoms with Gasteiger partial charge in [-0.3, -0.25) is 4.79 Å². The Morgan fingerprint density at radius 1 is 1.15 bits per heavy atom. The van der Waals surface area contributed by atoms with Gasteiger partial charge >= 0.3 is 0 Å². The number of carbonyl (C=O) groups is 1. The molecular weight excluding hydrogens is 424 g/mol. The van der Waals surface area contributed by atoms with Crippen LogP contribution in [0.2, 0.25) is 0 Å². The van der Waals surface area contributed by atoms with Gasteiger partial charge in [0, 0.05) is 30.2 Å². The molecule has 0 radical (unpaired) electrons. The van der Waals surface area contributed by atoms with Crippen LogP contribution in [0.1, 0.15) is 18.7 Å². The fourth-order valence-corrected chi connectivity index (χ4v) is 3.11. The summed E-state index contributed by atoms with van der Waals surface area (Å²) in [6.07, 6.45) is 4.55. The van der Waals surface area contributed by atoms with Crippen molar-refractivity contribution in [1.29, 1.82) is 0 Å². The Balaban J connectivity index is 1.20. The van der Waals surface area contributed by atoms with E-state index in [-0.39, 0.29) is 5.91 Å². The number of amides is 1. The van der Waals surface area contributed by atoms with E-state index in [0.717, 1.165) is 11.3 Å². The molecule has 10 nitrogen and oxygen atoms in total. The zero-order valence-corrected chi connectivity index (χ0v) is 18.2. The zero-order chi connectivity index (χ0) is 22.9. The molecule has 0 bridgehead atoms. The zero-order valence-electron chi connectivity index (χ0n) is 18.2. The minimum absolute atomic E-state index is 0.0929. The molecule has 4 rings (SSSR count). The molecule has 0 atom stereocenters. The number of anilines is 1. The van der Waals surface area contributed by atoms with E-state index in [1.807, 2.05) is 42.5 Å². The van der Waals surface area contributed by atoms with E-state index >= 15 is 0 Å². The fourth-order valence-electron chi connectivity index (χ4n) is 3.11. The van der Waals surface area contributed by atoms with E-state index < -0.39 is 0 Å². The van der Waals surface area contributed by atoms with E-state index in [0.29, 0.717) is 55.6 Å². The summed E-state index contributed by atoms with van der Waals surface area (Å²) in [7, 11) is 1.62. The Labute approximate surface area is 190 Å². The molecule has 2 heterocycles. The molecule has 170 valence electrons. The van der Waals surface area contributed by atoms with Gasteiger partial charge < -0.3 is 19.3 Å². The highest BCUT2D eigenvalue weighted by molar-refractivity contribution is 5.90. The predicted molar refractivity (Wildman–Crippen MR) is 120 cm³/mol. The lowest BCUT2D eigenvalue weighted by Crippen LogP contribution is -2.12. The monoisotopic (exact) mass is 448 g/mol. The van der Waals surface area contributed by atoms with Crippen LogP contribution in [0.25, 0.3) is 11.4 Å². The van der Waals surface area contributed by atoms with Crippen molar-refractivity contribution < 1.29 is 18.8 Å². The fraction of sp³-hybridized carbons (Fsp3) is 0.261. The van der Waals surface area contributed by atoms with Crippen LogP contribution >= 0.6 is 0 Å². The van der Waals surface area contributed by atoms with Crippen LogP contribution in [-0.4, -0.2) is 44.5 Å². The van der Waals surface area contributed by atoms with Gasteiger partial charge in [0.2, 0.25) is 17.6 Å². The van der Waals surface area contributed by atoms with Gasteiger partial charge in [0.05, 0.1) is 13.7 Å². The molecule has 1 N–H and O–H groups in total. The lowest BCUT2D eigenvalue weighted by atomic mass is 10.2. The van der Waals surface area contributed by atoms with Crippen LogP contribution in [0.3, 0.4) is 0 Å². The first-order valence-electron chi connectivity index (χ1n) is 10.5. The molecule has 0 saturated carbocycles. The molecule has 0 unspecified atom stereocenters. The predicted octanol–water partition coefficient (Wildman–Crippen LogP) is 3.38. The first-order valence-corrected chi connectivity index (χ1v) is 10.5. The van der Waals surface area contributed by atoms with Crippen LogP contribution < -0.4 is 14.8 Å². The van der Waals surface area contributed by atoms with Crippen molar-refractivity contribution in [3.8, 4) is 22.9 Å². The van der Waals surface area contributed by atoms with Gasteiger partial charge in [-0.2, -0.15) is 10.1 Å². The Bertz CT molecular complexity index is 1160. The molecular formula is C23H24N6O4. The molecule has 4 aromatic rings. The molecule has 0 aliphatic heterocycles. The van der Waals surface area contributed by atoms with Crippen molar-refractivity contribution in [3.05, 3.63) is 67.1 Å². The molecule has 0 aliphatic carbocycles. The number of ether oxygens (including phenoxy) is 2. The van der Waals surface area contributed by atoms with Crippen LogP contribution in [0.15, 0.2) is 65.7 Å². The molecule has 0 aliphatic rings. The van der Waals surface area contributed by atoms with E-state index in [1.54, 1.807) is 24.2 Å². The third kappa shape index (κ3) is 6.39. The lowest BCUT2D eigenvalue weighted by molar-refractivity contribution is -0.116. The normalized spacial score (nSPS) is 10.7. The second-order valence-corrected chi connectivity index (χ2v) is 7.18. The van der Waals surface area contributed by atoms with Crippen LogP contribution in [-0.2, 0) is 17.8 Å². The highest BCUT2D eigenvalue weighted by Crippen LogP contribution is 2.21. The van der Waals surface area contributed by atoms with Crippen molar-refractivity contribution in [3.63, 3.8) is 0 Å². The number of rotatable bonds is 11. The molecule has 0 spiro atoms. The van der Waals surface area contributed by atoms with Crippen molar-refractivity contribution in [2.24, 2.45) is 0 Å². The maximum Gasteiger partial charge on any atom is 0.226 e. The third-order valence-corrected chi connectivity index (χ3v) is 4.78. The van der Waals surface area contributed by atoms with E-state index in [1.165, 1.54) is 6.33 Å². The summed E-state index contributed by atoms with van der Waals surface area (Å²) in [6.45, 7) is 1.04. The van der Waals surface area contributed by atoms with Crippen molar-refractivity contribution in [2.45, 2.75) is 25.8 Å². The van der Waals surface area contributed by atoms with Crippen molar-refractivity contribution in [2.75, 3.05) is 19.0 Å². The highest BCUT2D eigenvalue weighted by atomic mass is 16.5. The average Bonchev–Trinajstić information content (AvgIpc) is 3.52. The lowest BCUT2D eigenvalue weighted by Gasteiger charge is -2.09. The van der Waals surface area contributed by atoms with Crippen LogP contribution in [0, 0.1) is 0 Å². The Hall–Kier alpha value is -4.21. The summed E-state index contributed by atoms with van der Waals surface area (Å²) < 4.78 is 17.9. The molecule has 2 aromatic heterocycles. The molecule has 1 amide bonds. The Morgan fingerprint density at radius 3 is 2.82 bits per heavy atom. The maximum atomic E-state index is 12.3. The van der Waals surface area contributed by atoms with Gasteiger partial charge in [-0.05, 0) is 42.8 Å². The van der Waals surface area contributed by atoms with E-state index in [9.17, 15) is 4.79 Å². The highest BCUT2D eigenvalue weighted by Gasteiger charge is 2.10. The van der Waals surface area contributed by atoms with Crippen molar-refractivity contribution >= 4 is 11.6 Å². The molecule has 10 heteroatoms. The summed E-state index contributed by atoms with van der Waals surface area (Å²) in [6, 6.07) is 14.7. The summed E-state index contributed by atoms with van der Waals surface area (Å²) in [4.78, 5) is 20.6. The Morgan fingerprint density at radius 2 is 2.03 bits per heavy atom. The number of benzene rings is 2. The topological polar surface area (TPSA) is 117 Å². The molecule has 33 heavy (non-hydrogen) atoms. The number of hydrogen-bond acceptors (Lipinski definition) is 8. The second kappa shape index (κ2) is 10.9. The largest absolute Gasteiger partial charge is 0.497 e. The van der Waals surface area contributed by atoms with E-state index in [4.69, 9.17) is 14.0 Å². The van der Waals surface area contributed by atoms with Gasteiger partial charge in [0.1, 0.15) is 30.8 Å². The van der Waals surface area contributed by atoms with Crippen LogP contribution in [0.5, 0.6) is 11.5 Å². The summed E-state index contributed by atoms with van der Waals surface area (Å²) >= 11 is 0. The first-order chi connectivity index (χ1) is 16.2. The SMILES string of the molecule is COc1ccc(-c2noc(CCCC(=O)Nc3cccc(OCCn4cncn4)c3)n2)cc1. The molecule has 0 saturated heterocycles. The molecule has 2 aromatic carbocycles. The van der Waals surface area contributed by atoms with Gasteiger partial charge in [0.25, 0.3) is 0 Å². The number of aryl methyl sites for hydroxylation is 1. The second-order valence-electron chi connectivity index (χ2n) is 7.18. The average molecular weight is 448 g/mol. The molecule has 0 fully saturated rings. The number of nitrogens with zero attached hydrogens (tertiary/aromatic N) is 5. The number of methoxy groups -OCH3 is 1. The summed E-state index contributed by atoms with van der Waals surface area (Å²) in [5.41, 5.74) is 1.52. The first kappa shape index (κ1) is 22.0. The number of hydrogen-bond donors (Lipinski definition) is 1. The summed E-state index contributed by atoms with van der Waals surface area (Å²) in [5, 5.41) is 10.9.